The van der Waals surface area contributed by atoms with Crippen molar-refractivity contribution in [3.05, 3.63) is 112 Å². The highest BCUT2D eigenvalue weighted by Crippen LogP contribution is 2.46. The number of carbonyl (C=O) groups excluding carboxylic acids is 1. The fourth-order valence-electron chi connectivity index (χ4n) is 4.79. The molecule has 0 spiro atoms. The van der Waals surface area contributed by atoms with Gasteiger partial charge in [-0.25, -0.2) is 0 Å². The molecule has 34 heavy (non-hydrogen) atoms. The Bertz CT molecular complexity index is 1180. The van der Waals surface area contributed by atoms with Crippen molar-refractivity contribution < 1.29 is 14.3 Å². The Morgan fingerprint density at radius 1 is 1.06 bits per heavy atom. The highest BCUT2D eigenvalue weighted by Gasteiger charge is 2.51. The highest BCUT2D eigenvalue weighted by atomic mass is 35.5. The van der Waals surface area contributed by atoms with Gasteiger partial charge in [0.05, 0.1) is 6.61 Å². The van der Waals surface area contributed by atoms with Gasteiger partial charge in [0.15, 0.2) is 5.72 Å². The zero-order valence-electron chi connectivity index (χ0n) is 19.9. The third-order valence-electron chi connectivity index (χ3n) is 6.14. The monoisotopic (exact) mass is 475 g/mol. The molecule has 0 N–H and O–H groups in total. The first kappa shape index (κ1) is 24.1. The fourth-order valence-corrected chi connectivity index (χ4v) is 4.91. The first-order valence-electron chi connectivity index (χ1n) is 11.6. The molecule has 3 aromatic carbocycles. The molecule has 0 aliphatic carbocycles. The van der Waals surface area contributed by atoms with E-state index in [0.717, 1.165) is 40.0 Å². The molecule has 0 bridgehead atoms. The minimum atomic E-state index is -1.03. The second-order valence-corrected chi connectivity index (χ2v) is 9.04. The first-order valence-corrected chi connectivity index (χ1v) is 12.0. The lowest BCUT2D eigenvalue weighted by atomic mass is 9.93. The number of nitrogens with zero attached hydrogens (tertiary/aromatic N) is 1. The van der Waals surface area contributed by atoms with Crippen LogP contribution >= 0.6 is 11.6 Å². The summed E-state index contributed by atoms with van der Waals surface area (Å²) in [6.07, 6.45) is 2.55. The van der Waals surface area contributed by atoms with Crippen LogP contribution < -0.4 is 4.74 Å². The number of fused-ring (bicyclic) bond motifs is 1. The van der Waals surface area contributed by atoms with Crippen molar-refractivity contribution in [3.8, 4) is 5.75 Å². The topological polar surface area (TPSA) is 38.8 Å². The van der Waals surface area contributed by atoms with Crippen LogP contribution in [-0.4, -0.2) is 24.0 Å². The Kier molecular flexibility index (Phi) is 7.11. The molecule has 4 nitrogen and oxygen atoms in total. The summed E-state index contributed by atoms with van der Waals surface area (Å²) in [4.78, 5) is 15.4. The van der Waals surface area contributed by atoms with Crippen LogP contribution in [0, 0.1) is 13.8 Å². The van der Waals surface area contributed by atoms with E-state index in [2.05, 4.69) is 25.6 Å². The average Bonchev–Trinajstić information content (AvgIpc) is 3.07. The van der Waals surface area contributed by atoms with Crippen molar-refractivity contribution in [1.82, 2.24) is 4.90 Å². The lowest BCUT2D eigenvalue weighted by Crippen LogP contribution is -2.47. The molecule has 1 aliphatic rings. The number of rotatable bonds is 9. The van der Waals surface area contributed by atoms with E-state index in [4.69, 9.17) is 21.1 Å². The predicted octanol–water partition coefficient (Wildman–Crippen LogP) is 6.81. The molecule has 0 aromatic heterocycles. The second-order valence-electron chi connectivity index (χ2n) is 8.60. The minimum Gasteiger partial charge on any atom is -0.489 e. The molecule has 1 heterocycles. The van der Waals surface area contributed by atoms with Crippen molar-refractivity contribution in [2.75, 3.05) is 13.2 Å². The van der Waals surface area contributed by atoms with Crippen molar-refractivity contribution in [1.29, 1.82) is 0 Å². The predicted molar refractivity (Wildman–Crippen MR) is 136 cm³/mol. The standard InChI is InChI=1S/C29H30ClNO3/c1-5-15-31-28(32)25-9-7-8-10-26(25)29(31,23-11-13-24(30)14-12-23)34-19-22-17-20(3)27(21(4)18-22)33-16-6-2/h6-14,17-18H,2,5,15-16,19H2,1,3-4H3. The maximum absolute atomic E-state index is 13.5. The molecule has 176 valence electrons. The molecule has 0 fully saturated rings. The number of aryl methyl sites for hydroxylation is 2. The normalized spacial score (nSPS) is 17.1. The van der Waals surface area contributed by atoms with E-state index in [1.165, 1.54) is 0 Å². The number of carbonyl (C=O) groups is 1. The van der Waals surface area contributed by atoms with Crippen LogP contribution in [-0.2, 0) is 17.1 Å². The number of ether oxygens (including phenoxy) is 2. The molecule has 3 aromatic rings. The largest absolute Gasteiger partial charge is 0.489 e. The van der Waals surface area contributed by atoms with Gasteiger partial charge in [0, 0.05) is 28.3 Å². The smallest absolute Gasteiger partial charge is 0.257 e. The van der Waals surface area contributed by atoms with Crippen molar-refractivity contribution >= 4 is 17.5 Å². The van der Waals surface area contributed by atoms with Crippen molar-refractivity contribution in [3.63, 3.8) is 0 Å². The SMILES string of the molecule is C=CCOc1c(C)cc(COC2(c3ccc(Cl)cc3)c3ccccc3C(=O)N2CCC)cc1C. The van der Waals surface area contributed by atoms with Gasteiger partial charge in [0.1, 0.15) is 12.4 Å². The summed E-state index contributed by atoms with van der Waals surface area (Å²) in [7, 11) is 0. The van der Waals surface area contributed by atoms with E-state index in [-0.39, 0.29) is 5.91 Å². The van der Waals surface area contributed by atoms with Gasteiger partial charge in [-0.05, 0) is 55.2 Å². The average molecular weight is 476 g/mol. The zero-order chi connectivity index (χ0) is 24.3. The van der Waals surface area contributed by atoms with Crippen molar-refractivity contribution in [2.24, 2.45) is 0 Å². The van der Waals surface area contributed by atoms with Crippen LogP contribution in [0.3, 0.4) is 0 Å². The summed E-state index contributed by atoms with van der Waals surface area (Å²) in [5, 5.41) is 0.639. The molecule has 0 radical (unpaired) electrons. The number of benzene rings is 3. The lowest BCUT2D eigenvalue weighted by Gasteiger charge is -2.39. The second kappa shape index (κ2) is 10.0. The Balaban J connectivity index is 1.79. The quantitative estimate of drug-likeness (QED) is 0.319. The van der Waals surface area contributed by atoms with Crippen LogP contribution in [0.15, 0.2) is 73.3 Å². The molecule has 1 unspecified atom stereocenters. The summed E-state index contributed by atoms with van der Waals surface area (Å²) in [6.45, 7) is 11.2. The third kappa shape index (κ3) is 4.24. The molecule has 5 heteroatoms. The summed E-state index contributed by atoms with van der Waals surface area (Å²) in [6, 6.07) is 19.5. The number of hydrogen-bond acceptors (Lipinski definition) is 3. The first-order chi connectivity index (χ1) is 16.4. The van der Waals surface area contributed by atoms with E-state index < -0.39 is 5.72 Å². The fraction of sp³-hybridized carbons (Fsp3) is 0.276. The number of amides is 1. The Hall–Kier alpha value is -3.08. The van der Waals surface area contributed by atoms with Crippen LogP contribution in [0.1, 0.15) is 51.5 Å². The van der Waals surface area contributed by atoms with Crippen LogP contribution in [0.2, 0.25) is 5.02 Å². The van der Waals surface area contributed by atoms with Gasteiger partial charge in [-0.1, -0.05) is 73.6 Å². The molecule has 1 amide bonds. The van der Waals surface area contributed by atoms with Gasteiger partial charge >= 0.3 is 0 Å². The van der Waals surface area contributed by atoms with E-state index in [1.54, 1.807) is 6.08 Å². The third-order valence-corrected chi connectivity index (χ3v) is 6.40. The van der Waals surface area contributed by atoms with E-state index in [9.17, 15) is 4.79 Å². The van der Waals surface area contributed by atoms with Gasteiger partial charge in [0.25, 0.3) is 5.91 Å². The number of halogens is 1. The zero-order valence-corrected chi connectivity index (χ0v) is 20.7. The van der Waals surface area contributed by atoms with E-state index in [1.807, 2.05) is 67.3 Å². The lowest BCUT2D eigenvalue weighted by molar-refractivity contribution is -0.117. The van der Waals surface area contributed by atoms with E-state index in [0.29, 0.717) is 30.3 Å². The summed E-state index contributed by atoms with van der Waals surface area (Å²) in [5.41, 5.74) is 4.46. The maximum Gasteiger partial charge on any atom is 0.257 e. The molecular weight excluding hydrogens is 446 g/mol. The maximum atomic E-state index is 13.5. The van der Waals surface area contributed by atoms with Crippen LogP contribution in [0.25, 0.3) is 0 Å². The van der Waals surface area contributed by atoms with Crippen LogP contribution in [0.5, 0.6) is 5.75 Å². The number of hydrogen-bond donors (Lipinski definition) is 0. The molecule has 1 atom stereocenters. The Morgan fingerprint density at radius 2 is 1.74 bits per heavy atom. The Morgan fingerprint density at radius 3 is 2.38 bits per heavy atom. The summed E-state index contributed by atoms with van der Waals surface area (Å²) >= 11 is 6.21. The van der Waals surface area contributed by atoms with Crippen molar-refractivity contribution in [2.45, 2.75) is 39.5 Å². The molecule has 4 rings (SSSR count). The van der Waals surface area contributed by atoms with E-state index >= 15 is 0 Å². The van der Waals surface area contributed by atoms with Crippen LogP contribution in [0.4, 0.5) is 0 Å². The van der Waals surface area contributed by atoms with Gasteiger partial charge in [-0.15, -0.1) is 0 Å². The van der Waals surface area contributed by atoms with Gasteiger partial charge in [-0.3, -0.25) is 4.79 Å². The molecular formula is C29H30ClNO3. The molecule has 0 saturated carbocycles. The Labute approximate surface area is 206 Å². The summed E-state index contributed by atoms with van der Waals surface area (Å²) < 4.78 is 12.6. The minimum absolute atomic E-state index is 0.0204. The van der Waals surface area contributed by atoms with Gasteiger partial charge < -0.3 is 14.4 Å². The molecule has 0 saturated heterocycles. The molecule has 1 aliphatic heterocycles. The van der Waals surface area contributed by atoms with Gasteiger partial charge in [-0.2, -0.15) is 0 Å². The summed E-state index contributed by atoms with van der Waals surface area (Å²) in [5.74, 6) is 0.845. The van der Waals surface area contributed by atoms with Gasteiger partial charge in [0.2, 0.25) is 0 Å². The highest BCUT2D eigenvalue weighted by molar-refractivity contribution is 6.30.